The largest absolute Gasteiger partial charge is 0.497 e. The van der Waals surface area contributed by atoms with Crippen LogP contribution in [-0.4, -0.2) is 24.3 Å². The number of rotatable bonds is 5. The molecule has 1 aliphatic heterocycles. The zero-order valence-electron chi connectivity index (χ0n) is 19.0. The van der Waals surface area contributed by atoms with Crippen LogP contribution >= 0.6 is 23.2 Å². The number of hydrogen-bond donors (Lipinski definition) is 2. The first-order valence-corrected chi connectivity index (χ1v) is 11.5. The third kappa shape index (κ3) is 5.44. The molecule has 0 saturated heterocycles. The zero-order chi connectivity index (χ0) is 24.5. The van der Waals surface area contributed by atoms with Crippen LogP contribution in [0.1, 0.15) is 45.7 Å². The molecule has 5 nitrogen and oxygen atoms in total. The van der Waals surface area contributed by atoms with Crippen LogP contribution in [0.3, 0.4) is 0 Å². The van der Waals surface area contributed by atoms with E-state index in [-0.39, 0.29) is 17.2 Å². The summed E-state index contributed by atoms with van der Waals surface area (Å²) in [6.07, 6.45) is 2.42. The summed E-state index contributed by atoms with van der Waals surface area (Å²) in [5, 5.41) is 7.00. The van der Waals surface area contributed by atoms with Gasteiger partial charge in [0, 0.05) is 49.7 Å². The molecule has 1 amide bonds. The molecule has 174 valence electrons. The molecule has 0 saturated carbocycles. The fourth-order valence-electron chi connectivity index (χ4n) is 4.01. The smallest absolute Gasteiger partial charge is 0.255 e. The molecule has 3 aromatic rings. The van der Waals surface area contributed by atoms with E-state index in [4.69, 9.17) is 27.9 Å². The molecule has 0 unspecified atom stereocenters. The molecular formula is C27H24Cl2N2O3. The number of halogens is 2. The lowest BCUT2D eigenvalue weighted by Crippen LogP contribution is -2.43. The number of anilines is 1. The normalized spacial score (nSPS) is 15.3. The third-order valence-corrected chi connectivity index (χ3v) is 5.95. The highest BCUT2D eigenvalue weighted by molar-refractivity contribution is 6.35. The molecule has 1 aliphatic rings. The number of ether oxygens (including phenoxy) is 1. The Balaban J connectivity index is 1.61. The van der Waals surface area contributed by atoms with Crippen molar-refractivity contribution in [2.45, 2.75) is 25.8 Å². The first kappa shape index (κ1) is 23.9. The van der Waals surface area contributed by atoms with Gasteiger partial charge in [-0.1, -0.05) is 41.4 Å². The fraction of sp³-hybridized carbons (Fsp3) is 0.185. The van der Waals surface area contributed by atoms with Gasteiger partial charge < -0.3 is 15.4 Å². The van der Waals surface area contributed by atoms with Gasteiger partial charge in [-0.25, -0.2) is 0 Å². The molecule has 3 aromatic carbocycles. The first-order chi connectivity index (χ1) is 16.1. The van der Waals surface area contributed by atoms with Crippen molar-refractivity contribution < 1.29 is 14.3 Å². The lowest BCUT2D eigenvalue weighted by molar-refractivity contribution is 0.102. The standard InChI is InChI=1S/C27H24Cl2N2O3/c1-27(2)15-17-7-8-22(34-3)13-23(17)24(31-27)14-25(32)16-5-4-6-21(11-16)30-26(33)18-9-19(28)12-20(29)10-18/h4-14,31H,15H2,1-3H3,(H,30,33). The van der Waals surface area contributed by atoms with Crippen molar-refractivity contribution in [3.63, 3.8) is 0 Å². The number of amides is 1. The molecule has 0 atom stereocenters. The van der Waals surface area contributed by atoms with Gasteiger partial charge in [-0.15, -0.1) is 0 Å². The van der Waals surface area contributed by atoms with Crippen LogP contribution in [0, 0.1) is 0 Å². The van der Waals surface area contributed by atoms with Gasteiger partial charge in [-0.3, -0.25) is 9.59 Å². The molecule has 0 radical (unpaired) electrons. The van der Waals surface area contributed by atoms with E-state index in [2.05, 4.69) is 24.5 Å². The number of benzene rings is 3. The van der Waals surface area contributed by atoms with Crippen molar-refractivity contribution >= 4 is 46.3 Å². The highest BCUT2D eigenvalue weighted by Crippen LogP contribution is 2.32. The van der Waals surface area contributed by atoms with Gasteiger partial charge in [-0.05, 0) is 68.3 Å². The number of methoxy groups -OCH3 is 1. The van der Waals surface area contributed by atoms with Crippen molar-refractivity contribution in [3.05, 3.63) is 99.0 Å². The summed E-state index contributed by atoms with van der Waals surface area (Å²) >= 11 is 12.0. The SMILES string of the molecule is COc1ccc2c(c1)C(=CC(=O)c1cccc(NC(=O)c3cc(Cl)cc(Cl)c3)c1)NC(C)(C)C2. The minimum Gasteiger partial charge on any atom is -0.497 e. The van der Waals surface area contributed by atoms with Crippen molar-refractivity contribution in [3.8, 4) is 5.75 Å². The Bertz CT molecular complexity index is 1290. The van der Waals surface area contributed by atoms with E-state index in [1.807, 2.05) is 18.2 Å². The minimum atomic E-state index is -0.371. The number of carbonyl (C=O) groups excluding carboxylic acids is 2. The lowest BCUT2D eigenvalue weighted by Gasteiger charge is -2.35. The number of carbonyl (C=O) groups is 2. The summed E-state index contributed by atoms with van der Waals surface area (Å²) in [5.74, 6) is 0.171. The van der Waals surface area contributed by atoms with Crippen LogP contribution in [0.15, 0.2) is 66.7 Å². The van der Waals surface area contributed by atoms with Crippen LogP contribution in [-0.2, 0) is 6.42 Å². The van der Waals surface area contributed by atoms with E-state index in [9.17, 15) is 9.59 Å². The van der Waals surface area contributed by atoms with Crippen molar-refractivity contribution in [2.24, 2.45) is 0 Å². The Labute approximate surface area is 208 Å². The molecule has 0 bridgehead atoms. The molecule has 0 fully saturated rings. The van der Waals surface area contributed by atoms with E-state index < -0.39 is 0 Å². The van der Waals surface area contributed by atoms with Crippen LogP contribution in [0.2, 0.25) is 10.0 Å². The molecule has 0 spiro atoms. The fourth-order valence-corrected chi connectivity index (χ4v) is 4.53. The number of allylic oxidation sites excluding steroid dienone is 1. The van der Waals surface area contributed by atoms with Gasteiger partial charge in [0.2, 0.25) is 0 Å². The van der Waals surface area contributed by atoms with Gasteiger partial charge in [0.25, 0.3) is 5.91 Å². The van der Waals surface area contributed by atoms with E-state index in [0.29, 0.717) is 26.9 Å². The van der Waals surface area contributed by atoms with Crippen LogP contribution in [0.4, 0.5) is 5.69 Å². The first-order valence-electron chi connectivity index (χ1n) is 10.7. The summed E-state index contributed by atoms with van der Waals surface area (Å²) in [6.45, 7) is 4.19. The van der Waals surface area contributed by atoms with Crippen LogP contribution in [0.5, 0.6) is 5.75 Å². The molecule has 0 aromatic heterocycles. The topological polar surface area (TPSA) is 67.4 Å². The zero-order valence-corrected chi connectivity index (χ0v) is 20.6. The lowest BCUT2D eigenvalue weighted by atomic mass is 9.85. The maximum absolute atomic E-state index is 13.2. The molecule has 1 heterocycles. The highest BCUT2D eigenvalue weighted by Gasteiger charge is 2.28. The van der Waals surface area contributed by atoms with Gasteiger partial charge in [0.15, 0.2) is 5.78 Å². The predicted octanol–water partition coefficient (Wildman–Crippen LogP) is 6.40. The summed E-state index contributed by atoms with van der Waals surface area (Å²) < 4.78 is 5.38. The summed E-state index contributed by atoms with van der Waals surface area (Å²) in [7, 11) is 1.62. The molecule has 7 heteroatoms. The third-order valence-electron chi connectivity index (χ3n) is 5.52. The van der Waals surface area contributed by atoms with E-state index >= 15 is 0 Å². The summed E-state index contributed by atoms with van der Waals surface area (Å²) in [6, 6.07) is 17.3. The van der Waals surface area contributed by atoms with E-state index in [1.165, 1.54) is 12.1 Å². The number of hydrogen-bond acceptors (Lipinski definition) is 4. The monoisotopic (exact) mass is 494 g/mol. The van der Waals surface area contributed by atoms with Crippen LogP contribution < -0.4 is 15.4 Å². The molecule has 34 heavy (non-hydrogen) atoms. The number of nitrogens with one attached hydrogen (secondary N) is 2. The second-order valence-electron chi connectivity index (χ2n) is 8.82. The molecule has 0 aliphatic carbocycles. The summed E-state index contributed by atoms with van der Waals surface area (Å²) in [4.78, 5) is 25.8. The van der Waals surface area contributed by atoms with E-state index in [0.717, 1.165) is 29.0 Å². The van der Waals surface area contributed by atoms with Crippen molar-refractivity contribution in [1.82, 2.24) is 5.32 Å². The maximum Gasteiger partial charge on any atom is 0.255 e. The van der Waals surface area contributed by atoms with Gasteiger partial charge in [0.05, 0.1) is 7.11 Å². The van der Waals surface area contributed by atoms with Crippen molar-refractivity contribution in [1.29, 1.82) is 0 Å². The number of fused-ring (bicyclic) bond motifs is 1. The molecular weight excluding hydrogens is 471 g/mol. The Kier molecular flexibility index (Phi) is 6.69. The Morgan fingerprint density at radius 1 is 1.00 bits per heavy atom. The highest BCUT2D eigenvalue weighted by atomic mass is 35.5. The average molecular weight is 495 g/mol. The second kappa shape index (κ2) is 9.53. The Morgan fingerprint density at radius 2 is 1.74 bits per heavy atom. The maximum atomic E-state index is 13.2. The average Bonchev–Trinajstić information content (AvgIpc) is 2.77. The quantitative estimate of drug-likeness (QED) is 0.318. The Morgan fingerprint density at radius 3 is 2.44 bits per heavy atom. The minimum absolute atomic E-state index is 0.184. The predicted molar refractivity (Wildman–Crippen MR) is 137 cm³/mol. The summed E-state index contributed by atoms with van der Waals surface area (Å²) in [5.41, 5.74) is 3.88. The van der Waals surface area contributed by atoms with Gasteiger partial charge in [0.1, 0.15) is 5.75 Å². The van der Waals surface area contributed by atoms with Gasteiger partial charge >= 0.3 is 0 Å². The van der Waals surface area contributed by atoms with E-state index in [1.54, 1.807) is 43.5 Å². The number of ketones is 1. The molecule has 2 N–H and O–H groups in total. The van der Waals surface area contributed by atoms with Crippen molar-refractivity contribution in [2.75, 3.05) is 12.4 Å². The van der Waals surface area contributed by atoms with Gasteiger partial charge in [-0.2, -0.15) is 0 Å². The Hall–Kier alpha value is -3.28. The van der Waals surface area contributed by atoms with Crippen LogP contribution in [0.25, 0.3) is 5.70 Å². The second-order valence-corrected chi connectivity index (χ2v) is 9.70. The molecule has 4 rings (SSSR count).